The molecule has 1 heterocycles. The van der Waals surface area contributed by atoms with Crippen molar-refractivity contribution in [3.63, 3.8) is 0 Å². The van der Waals surface area contributed by atoms with E-state index in [1.54, 1.807) is 6.07 Å². The molecule has 4 heteroatoms. The summed E-state index contributed by atoms with van der Waals surface area (Å²) in [6.45, 7) is 1.10. The zero-order valence-electron chi connectivity index (χ0n) is 10.7. The lowest BCUT2D eigenvalue weighted by atomic mass is 10.2. The molecule has 2 aromatic rings. The van der Waals surface area contributed by atoms with Crippen molar-refractivity contribution in [3.8, 4) is 0 Å². The third-order valence-corrected chi connectivity index (χ3v) is 3.44. The lowest BCUT2D eigenvalue weighted by molar-refractivity contribution is 0.0742. The van der Waals surface area contributed by atoms with Crippen molar-refractivity contribution < 1.29 is 4.79 Å². The number of hydrogen-bond acceptors (Lipinski definition) is 3. The number of para-hydroxylation sites is 1. The summed E-state index contributed by atoms with van der Waals surface area (Å²) in [5, 5.41) is 1.05. The second kappa shape index (κ2) is 4.97. The van der Waals surface area contributed by atoms with Gasteiger partial charge in [0, 0.05) is 24.5 Å². The minimum Gasteiger partial charge on any atom is -0.333 e. The Hall–Kier alpha value is -1.94. The molecule has 1 fully saturated rings. The number of nitrogens with zero attached hydrogens (tertiary/aromatic N) is 2. The highest BCUT2D eigenvalue weighted by molar-refractivity contribution is 5.95. The number of nitrogens with two attached hydrogens (primary N) is 1. The van der Waals surface area contributed by atoms with Gasteiger partial charge in [0.2, 0.25) is 0 Å². The molecule has 1 aromatic heterocycles. The molecular weight excluding hydrogens is 238 g/mol. The Kier molecular flexibility index (Phi) is 3.17. The standard InChI is InChI=1S/C15H17N3O/c16-9-10-18(12-6-7-12)15(19)14-8-5-11-3-1-2-4-13(11)17-14/h1-5,8,12H,6-7,9-10,16H2. The van der Waals surface area contributed by atoms with Gasteiger partial charge in [-0.05, 0) is 25.0 Å². The van der Waals surface area contributed by atoms with E-state index in [0.29, 0.717) is 24.8 Å². The third-order valence-electron chi connectivity index (χ3n) is 3.44. The van der Waals surface area contributed by atoms with E-state index in [2.05, 4.69) is 4.98 Å². The molecule has 0 aliphatic heterocycles. The van der Waals surface area contributed by atoms with Gasteiger partial charge < -0.3 is 10.6 Å². The van der Waals surface area contributed by atoms with E-state index in [1.807, 2.05) is 35.2 Å². The minimum atomic E-state index is -0.00120. The summed E-state index contributed by atoms with van der Waals surface area (Å²) < 4.78 is 0. The summed E-state index contributed by atoms with van der Waals surface area (Å²) in [6.07, 6.45) is 2.17. The maximum Gasteiger partial charge on any atom is 0.272 e. The molecule has 0 unspecified atom stereocenters. The van der Waals surface area contributed by atoms with Crippen LogP contribution in [0.1, 0.15) is 23.3 Å². The lowest BCUT2D eigenvalue weighted by Gasteiger charge is -2.21. The summed E-state index contributed by atoms with van der Waals surface area (Å²) in [5.74, 6) is -0.00120. The van der Waals surface area contributed by atoms with Crippen molar-refractivity contribution >= 4 is 16.8 Å². The second-order valence-corrected chi connectivity index (χ2v) is 4.91. The Morgan fingerprint density at radius 2 is 2.05 bits per heavy atom. The van der Waals surface area contributed by atoms with Gasteiger partial charge in [-0.3, -0.25) is 4.79 Å². The number of hydrogen-bond donors (Lipinski definition) is 1. The Morgan fingerprint density at radius 3 is 2.79 bits per heavy atom. The molecule has 1 saturated carbocycles. The molecule has 0 saturated heterocycles. The van der Waals surface area contributed by atoms with Crippen molar-refractivity contribution in [2.75, 3.05) is 13.1 Å². The first kappa shape index (κ1) is 12.1. The first-order valence-electron chi connectivity index (χ1n) is 6.66. The van der Waals surface area contributed by atoms with E-state index in [9.17, 15) is 4.79 Å². The fraction of sp³-hybridized carbons (Fsp3) is 0.333. The van der Waals surface area contributed by atoms with E-state index in [1.165, 1.54) is 0 Å². The van der Waals surface area contributed by atoms with Gasteiger partial charge in [0.25, 0.3) is 5.91 Å². The molecular formula is C15H17N3O. The SMILES string of the molecule is NCCN(C(=O)c1ccc2ccccc2n1)C1CC1. The van der Waals surface area contributed by atoms with Crippen LogP contribution in [0, 0.1) is 0 Å². The predicted octanol–water partition coefficient (Wildman–Crippen LogP) is 1.80. The van der Waals surface area contributed by atoms with Gasteiger partial charge in [-0.15, -0.1) is 0 Å². The van der Waals surface area contributed by atoms with Crippen LogP contribution in [-0.4, -0.2) is 34.9 Å². The Balaban J connectivity index is 1.91. The molecule has 3 rings (SSSR count). The van der Waals surface area contributed by atoms with Gasteiger partial charge in [-0.2, -0.15) is 0 Å². The van der Waals surface area contributed by atoms with Gasteiger partial charge in [-0.1, -0.05) is 24.3 Å². The van der Waals surface area contributed by atoms with Gasteiger partial charge in [0.1, 0.15) is 5.69 Å². The topological polar surface area (TPSA) is 59.2 Å². The number of aromatic nitrogens is 1. The molecule has 0 bridgehead atoms. The number of pyridine rings is 1. The normalized spacial score (nSPS) is 14.6. The molecule has 98 valence electrons. The van der Waals surface area contributed by atoms with Crippen LogP contribution in [0.2, 0.25) is 0 Å². The number of amides is 1. The summed E-state index contributed by atoms with van der Waals surface area (Å²) in [5.41, 5.74) is 6.96. The largest absolute Gasteiger partial charge is 0.333 e. The molecule has 1 amide bonds. The molecule has 1 aliphatic rings. The highest BCUT2D eigenvalue weighted by Gasteiger charge is 2.32. The number of carbonyl (C=O) groups excluding carboxylic acids is 1. The predicted molar refractivity (Wildman–Crippen MR) is 74.9 cm³/mol. The van der Waals surface area contributed by atoms with Crippen LogP contribution in [0.3, 0.4) is 0 Å². The molecule has 4 nitrogen and oxygen atoms in total. The highest BCUT2D eigenvalue weighted by atomic mass is 16.2. The van der Waals surface area contributed by atoms with Gasteiger partial charge in [0.15, 0.2) is 0 Å². The average molecular weight is 255 g/mol. The van der Waals surface area contributed by atoms with Gasteiger partial charge in [-0.25, -0.2) is 4.98 Å². The van der Waals surface area contributed by atoms with Gasteiger partial charge >= 0.3 is 0 Å². The van der Waals surface area contributed by atoms with E-state index in [-0.39, 0.29) is 5.91 Å². The number of carbonyl (C=O) groups is 1. The molecule has 0 radical (unpaired) electrons. The summed E-state index contributed by atoms with van der Waals surface area (Å²) in [4.78, 5) is 18.8. The van der Waals surface area contributed by atoms with Crippen molar-refractivity contribution in [1.29, 1.82) is 0 Å². The van der Waals surface area contributed by atoms with E-state index < -0.39 is 0 Å². The maximum absolute atomic E-state index is 12.5. The van der Waals surface area contributed by atoms with Crippen LogP contribution in [0.4, 0.5) is 0 Å². The van der Waals surface area contributed by atoms with Crippen LogP contribution in [0.15, 0.2) is 36.4 Å². The molecule has 0 atom stereocenters. The number of fused-ring (bicyclic) bond motifs is 1. The zero-order valence-corrected chi connectivity index (χ0v) is 10.7. The van der Waals surface area contributed by atoms with Crippen LogP contribution in [0.25, 0.3) is 10.9 Å². The van der Waals surface area contributed by atoms with Crippen molar-refractivity contribution in [2.24, 2.45) is 5.73 Å². The van der Waals surface area contributed by atoms with Gasteiger partial charge in [0.05, 0.1) is 5.52 Å². The van der Waals surface area contributed by atoms with Crippen molar-refractivity contribution in [3.05, 3.63) is 42.1 Å². The molecule has 1 aliphatic carbocycles. The summed E-state index contributed by atoms with van der Waals surface area (Å²) in [6, 6.07) is 11.9. The second-order valence-electron chi connectivity index (χ2n) is 4.91. The summed E-state index contributed by atoms with van der Waals surface area (Å²) in [7, 11) is 0. The van der Waals surface area contributed by atoms with E-state index in [0.717, 1.165) is 23.7 Å². The van der Waals surface area contributed by atoms with E-state index >= 15 is 0 Å². The zero-order chi connectivity index (χ0) is 13.2. The van der Waals surface area contributed by atoms with Crippen molar-refractivity contribution in [2.45, 2.75) is 18.9 Å². The molecule has 0 spiro atoms. The Bertz CT molecular complexity index is 607. The fourth-order valence-corrected chi connectivity index (χ4v) is 2.31. The van der Waals surface area contributed by atoms with Crippen LogP contribution in [0.5, 0.6) is 0 Å². The minimum absolute atomic E-state index is 0.00120. The maximum atomic E-state index is 12.5. The fourth-order valence-electron chi connectivity index (χ4n) is 2.31. The Morgan fingerprint density at radius 1 is 1.26 bits per heavy atom. The number of benzene rings is 1. The van der Waals surface area contributed by atoms with Crippen molar-refractivity contribution in [1.82, 2.24) is 9.88 Å². The first-order chi connectivity index (χ1) is 9.29. The molecule has 1 aromatic carbocycles. The van der Waals surface area contributed by atoms with Crippen LogP contribution in [-0.2, 0) is 0 Å². The first-order valence-corrected chi connectivity index (χ1v) is 6.66. The Labute approximate surface area is 112 Å². The highest BCUT2D eigenvalue weighted by Crippen LogP contribution is 2.27. The molecule has 2 N–H and O–H groups in total. The summed E-state index contributed by atoms with van der Waals surface area (Å²) >= 11 is 0. The molecule has 19 heavy (non-hydrogen) atoms. The average Bonchev–Trinajstić information content (AvgIpc) is 3.28. The van der Waals surface area contributed by atoms with E-state index in [4.69, 9.17) is 5.73 Å². The van der Waals surface area contributed by atoms with Crippen LogP contribution < -0.4 is 5.73 Å². The smallest absolute Gasteiger partial charge is 0.272 e. The quantitative estimate of drug-likeness (QED) is 0.906. The monoisotopic (exact) mass is 255 g/mol. The number of rotatable bonds is 4. The van der Waals surface area contributed by atoms with Crippen LogP contribution >= 0.6 is 0 Å². The lowest BCUT2D eigenvalue weighted by Crippen LogP contribution is -2.37. The third kappa shape index (κ3) is 2.44.